The Bertz CT molecular complexity index is 665. The van der Waals surface area contributed by atoms with Crippen molar-refractivity contribution < 1.29 is 14.7 Å². The van der Waals surface area contributed by atoms with Crippen molar-refractivity contribution in [2.24, 2.45) is 13.0 Å². The van der Waals surface area contributed by atoms with Crippen molar-refractivity contribution in [1.29, 1.82) is 0 Å². The Morgan fingerprint density at radius 3 is 2.55 bits per heavy atom. The maximum Gasteiger partial charge on any atom is 0.308 e. The molecular formula is C16H19N3O3. The van der Waals surface area contributed by atoms with Crippen molar-refractivity contribution in [2.75, 3.05) is 6.54 Å². The lowest BCUT2D eigenvalue weighted by Crippen LogP contribution is -2.34. The molecule has 1 atom stereocenters. The smallest absolute Gasteiger partial charge is 0.308 e. The topological polar surface area (TPSA) is 84.2 Å². The van der Waals surface area contributed by atoms with Crippen molar-refractivity contribution >= 4 is 11.9 Å². The molecule has 116 valence electrons. The largest absolute Gasteiger partial charge is 0.481 e. The second kappa shape index (κ2) is 6.89. The summed E-state index contributed by atoms with van der Waals surface area (Å²) < 4.78 is 1.56. The first kappa shape index (κ1) is 15.8. The summed E-state index contributed by atoms with van der Waals surface area (Å²) in [5, 5.41) is 16.1. The third-order valence-electron chi connectivity index (χ3n) is 3.44. The van der Waals surface area contributed by atoms with Crippen LogP contribution in [-0.4, -0.2) is 33.3 Å². The van der Waals surface area contributed by atoms with E-state index >= 15 is 0 Å². The average molecular weight is 301 g/mol. The molecule has 6 heteroatoms. The van der Waals surface area contributed by atoms with Gasteiger partial charge in [0, 0.05) is 19.8 Å². The number of rotatable bonds is 6. The van der Waals surface area contributed by atoms with Gasteiger partial charge in [0.05, 0.1) is 17.2 Å². The average Bonchev–Trinajstić information content (AvgIpc) is 2.82. The number of nitrogens with one attached hydrogen (secondary N) is 1. The molecule has 0 aliphatic rings. The van der Waals surface area contributed by atoms with E-state index in [1.807, 2.05) is 30.3 Å². The second-order valence-electron chi connectivity index (χ2n) is 5.24. The Kier molecular flexibility index (Phi) is 4.93. The molecular weight excluding hydrogens is 282 g/mol. The molecule has 2 rings (SSSR count). The normalized spacial score (nSPS) is 11.9. The summed E-state index contributed by atoms with van der Waals surface area (Å²) >= 11 is 0. The highest BCUT2D eigenvalue weighted by Gasteiger charge is 2.20. The molecule has 0 spiro atoms. The first-order valence-electron chi connectivity index (χ1n) is 7.02. The van der Waals surface area contributed by atoms with Crippen molar-refractivity contribution in [3.63, 3.8) is 0 Å². The lowest BCUT2D eigenvalue weighted by molar-refractivity contribution is -0.141. The van der Waals surface area contributed by atoms with Crippen LogP contribution in [0.3, 0.4) is 0 Å². The maximum absolute atomic E-state index is 12.1. The zero-order valence-corrected chi connectivity index (χ0v) is 12.6. The van der Waals surface area contributed by atoms with Crippen LogP contribution in [-0.2, 0) is 18.3 Å². The number of amides is 1. The van der Waals surface area contributed by atoms with Crippen LogP contribution in [0.5, 0.6) is 0 Å². The van der Waals surface area contributed by atoms with Gasteiger partial charge in [-0.15, -0.1) is 0 Å². The molecule has 0 radical (unpaired) electrons. The molecule has 1 heterocycles. The van der Waals surface area contributed by atoms with E-state index in [1.54, 1.807) is 24.9 Å². The van der Waals surface area contributed by atoms with Crippen LogP contribution in [0, 0.1) is 12.8 Å². The molecule has 1 aromatic heterocycles. The zero-order chi connectivity index (χ0) is 16.1. The van der Waals surface area contributed by atoms with Crippen LogP contribution in [0.1, 0.15) is 21.6 Å². The summed E-state index contributed by atoms with van der Waals surface area (Å²) in [6.07, 6.45) is 2.00. The van der Waals surface area contributed by atoms with Crippen LogP contribution < -0.4 is 5.32 Å². The van der Waals surface area contributed by atoms with Gasteiger partial charge in [-0.3, -0.25) is 14.3 Å². The minimum absolute atomic E-state index is 0.0807. The molecule has 22 heavy (non-hydrogen) atoms. The van der Waals surface area contributed by atoms with Gasteiger partial charge in [0.2, 0.25) is 0 Å². The number of carbonyl (C=O) groups excluding carboxylic acids is 1. The van der Waals surface area contributed by atoms with Crippen LogP contribution in [0.15, 0.2) is 36.5 Å². The Morgan fingerprint density at radius 2 is 2.00 bits per heavy atom. The van der Waals surface area contributed by atoms with Gasteiger partial charge in [0.25, 0.3) is 5.91 Å². The molecule has 1 aromatic carbocycles. The number of aryl methyl sites for hydroxylation is 2. The predicted molar refractivity (Wildman–Crippen MR) is 81.6 cm³/mol. The van der Waals surface area contributed by atoms with E-state index in [9.17, 15) is 14.7 Å². The summed E-state index contributed by atoms with van der Waals surface area (Å²) in [4.78, 5) is 23.5. The predicted octanol–water partition coefficient (Wildman–Crippen LogP) is 1.40. The summed E-state index contributed by atoms with van der Waals surface area (Å²) in [6, 6.07) is 9.37. The summed E-state index contributed by atoms with van der Waals surface area (Å²) in [6.45, 7) is 1.82. The number of aromatic nitrogens is 2. The fourth-order valence-corrected chi connectivity index (χ4v) is 2.28. The number of hydrogen-bond acceptors (Lipinski definition) is 3. The number of carbonyl (C=O) groups is 2. The highest BCUT2D eigenvalue weighted by molar-refractivity contribution is 5.95. The van der Waals surface area contributed by atoms with E-state index in [1.165, 1.54) is 0 Å². The van der Waals surface area contributed by atoms with Gasteiger partial charge in [0.1, 0.15) is 0 Å². The van der Waals surface area contributed by atoms with E-state index in [2.05, 4.69) is 10.4 Å². The van der Waals surface area contributed by atoms with Gasteiger partial charge in [-0.1, -0.05) is 30.3 Å². The Morgan fingerprint density at radius 1 is 1.32 bits per heavy atom. The van der Waals surface area contributed by atoms with Crippen LogP contribution in [0.2, 0.25) is 0 Å². The van der Waals surface area contributed by atoms with Gasteiger partial charge in [0.15, 0.2) is 0 Å². The first-order valence-corrected chi connectivity index (χ1v) is 7.02. The molecule has 0 aliphatic heterocycles. The van der Waals surface area contributed by atoms with E-state index in [4.69, 9.17) is 0 Å². The first-order chi connectivity index (χ1) is 10.5. The number of aliphatic carboxylic acids is 1. The van der Waals surface area contributed by atoms with Crippen molar-refractivity contribution in [3.8, 4) is 0 Å². The quantitative estimate of drug-likeness (QED) is 0.844. The molecule has 2 N–H and O–H groups in total. The van der Waals surface area contributed by atoms with E-state index in [0.29, 0.717) is 17.7 Å². The lowest BCUT2D eigenvalue weighted by Gasteiger charge is -2.13. The highest BCUT2D eigenvalue weighted by atomic mass is 16.4. The maximum atomic E-state index is 12.1. The molecule has 0 fully saturated rings. The van der Waals surface area contributed by atoms with E-state index < -0.39 is 11.9 Å². The third-order valence-corrected chi connectivity index (χ3v) is 3.44. The molecule has 0 unspecified atom stereocenters. The van der Waals surface area contributed by atoms with Gasteiger partial charge >= 0.3 is 5.97 Å². The number of carboxylic acid groups (broad SMARTS) is 1. The monoisotopic (exact) mass is 301 g/mol. The van der Waals surface area contributed by atoms with Gasteiger partial charge in [-0.2, -0.15) is 5.10 Å². The molecule has 0 aliphatic carbocycles. The van der Waals surface area contributed by atoms with Gasteiger partial charge in [-0.05, 0) is 18.9 Å². The zero-order valence-electron chi connectivity index (χ0n) is 12.6. The van der Waals surface area contributed by atoms with Crippen LogP contribution in [0.25, 0.3) is 0 Å². The number of nitrogens with zero attached hydrogens (tertiary/aromatic N) is 2. The molecule has 0 bridgehead atoms. The standard InChI is InChI=1S/C16H19N3O3/c1-11-14(10-19(2)18-11)15(20)17-9-13(16(21)22)8-12-6-4-3-5-7-12/h3-7,10,13H,8-9H2,1-2H3,(H,17,20)(H,21,22)/t13-/m0/s1. The third kappa shape index (κ3) is 3.94. The Balaban J connectivity index is 1.99. The lowest BCUT2D eigenvalue weighted by atomic mass is 9.99. The summed E-state index contributed by atoms with van der Waals surface area (Å²) in [5.74, 6) is -1.89. The van der Waals surface area contributed by atoms with Crippen LogP contribution in [0.4, 0.5) is 0 Å². The Labute approximate surface area is 128 Å². The van der Waals surface area contributed by atoms with Gasteiger partial charge in [-0.25, -0.2) is 0 Å². The highest BCUT2D eigenvalue weighted by Crippen LogP contribution is 2.10. The van der Waals surface area contributed by atoms with Crippen molar-refractivity contribution in [1.82, 2.24) is 15.1 Å². The molecule has 6 nitrogen and oxygen atoms in total. The van der Waals surface area contributed by atoms with Gasteiger partial charge < -0.3 is 10.4 Å². The number of hydrogen-bond donors (Lipinski definition) is 2. The van der Waals surface area contributed by atoms with Crippen molar-refractivity contribution in [2.45, 2.75) is 13.3 Å². The fraction of sp³-hybridized carbons (Fsp3) is 0.312. The second-order valence-corrected chi connectivity index (χ2v) is 5.24. The van der Waals surface area contributed by atoms with Crippen molar-refractivity contribution in [3.05, 3.63) is 53.3 Å². The molecule has 0 saturated carbocycles. The number of carboxylic acids is 1. The summed E-state index contributed by atoms with van der Waals surface area (Å²) in [5.41, 5.74) is 2.02. The summed E-state index contributed by atoms with van der Waals surface area (Å²) in [7, 11) is 1.74. The minimum atomic E-state index is -0.924. The number of benzene rings is 1. The van der Waals surface area contributed by atoms with E-state index in [0.717, 1.165) is 5.56 Å². The minimum Gasteiger partial charge on any atom is -0.481 e. The molecule has 0 saturated heterocycles. The fourth-order valence-electron chi connectivity index (χ4n) is 2.28. The molecule has 2 aromatic rings. The van der Waals surface area contributed by atoms with E-state index in [-0.39, 0.29) is 12.5 Å². The SMILES string of the molecule is Cc1nn(C)cc1C(=O)NC[C@H](Cc1ccccc1)C(=O)O. The van der Waals surface area contributed by atoms with Crippen LogP contribution >= 0.6 is 0 Å². The molecule has 1 amide bonds. The Hall–Kier alpha value is -2.63.